The first-order valence-electron chi connectivity index (χ1n) is 9.82. The summed E-state index contributed by atoms with van der Waals surface area (Å²) in [5.41, 5.74) is 6.56. The molecule has 1 amide bonds. The number of aryl methyl sites for hydroxylation is 1. The van der Waals surface area contributed by atoms with Crippen LogP contribution in [0, 0.1) is 6.92 Å². The zero-order valence-corrected chi connectivity index (χ0v) is 17.7. The molecule has 1 aliphatic carbocycles. The summed E-state index contributed by atoms with van der Waals surface area (Å²) in [6.45, 7) is 2.20. The molecule has 0 unspecified atom stereocenters. The molecule has 1 saturated carbocycles. The summed E-state index contributed by atoms with van der Waals surface area (Å²) in [6.07, 6.45) is 6.50. The average Bonchev–Trinajstić information content (AvgIpc) is 2.71. The van der Waals surface area contributed by atoms with Crippen molar-refractivity contribution < 1.29 is 13.2 Å². The third-order valence-electron chi connectivity index (χ3n) is 5.14. The Morgan fingerprint density at radius 1 is 1.03 bits per heavy atom. The summed E-state index contributed by atoms with van der Waals surface area (Å²) in [5.74, 6) is -0.292. The van der Waals surface area contributed by atoms with E-state index in [1.165, 1.54) is 17.0 Å². The zero-order valence-electron chi connectivity index (χ0n) is 16.9. The third-order valence-corrected chi connectivity index (χ3v) is 6.28. The van der Waals surface area contributed by atoms with E-state index in [4.69, 9.17) is 0 Å². The predicted octanol–water partition coefficient (Wildman–Crippen LogP) is 4.01. The normalized spacial score (nSPS) is 14.3. The number of hydrazone groups is 1. The molecule has 0 heterocycles. The van der Waals surface area contributed by atoms with Gasteiger partial charge in [0.05, 0.1) is 18.5 Å². The van der Waals surface area contributed by atoms with E-state index in [1.807, 2.05) is 31.2 Å². The van der Waals surface area contributed by atoms with Gasteiger partial charge in [-0.25, -0.2) is 13.8 Å². The standard InChI is InChI=1S/C22H27N3O3S/c1-17-8-6-7-9-19(17)16-25(29(2,27)28)21-14-12-18(13-15-21)22(26)24-23-20-10-4-3-5-11-20/h6-9,12-15H,3-5,10-11,16H2,1-2H3,(H,24,26). The van der Waals surface area contributed by atoms with Crippen molar-refractivity contribution in [2.45, 2.75) is 45.6 Å². The van der Waals surface area contributed by atoms with Crippen LogP contribution in [0.5, 0.6) is 0 Å². The number of carbonyl (C=O) groups excluding carboxylic acids is 1. The molecule has 0 bridgehead atoms. The van der Waals surface area contributed by atoms with Crippen LogP contribution < -0.4 is 9.73 Å². The lowest BCUT2D eigenvalue weighted by molar-refractivity contribution is 0.0954. The molecule has 2 aromatic rings. The zero-order chi connectivity index (χ0) is 20.9. The number of nitrogens with one attached hydrogen (secondary N) is 1. The molecular formula is C22H27N3O3S. The smallest absolute Gasteiger partial charge is 0.267 e. The first-order chi connectivity index (χ1) is 13.8. The van der Waals surface area contributed by atoms with Crippen molar-refractivity contribution >= 4 is 27.3 Å². The van der Waals surface area contributed by atoms with E-state index in [9.17, 15) is 13.2 Å². The molecule has 2 aromatic carbocycles. The summed E-state index contributed by atoms with van der Waals surface area (Å²) < 4.78 is 26.1. The van der Waals surface area contributed by atoms with Gasteiger partial charge >= 0.3 is 0 Å². The molecule has 0 saturated heterocycles. The van der Waals surface area contributed by atoms with Crippen molar-refractivity contribution in [1.82, 2.24) is 5.43 Å². The topological polar surface area (TPSA) is 78.8 Å². The van der Waals surface area contributed by atoms with E-state index in [2.05, 4.69) is 10.5 Å². The van der Waals surface area contributed by atoms with Gasteiger partial charge in [-0.3, -0.25) is 9.10 Å². The van der Waals surface area contributed by atoms with Crippen molar-refractivity contribution in [2.75, 3.05) is 10.6 Å². The van der Waals surface area contributed by atoms with Gasteiger partial charge < -0.3 is 0 Å². The number of carbonyl (C=O) groups is 1. The monoisotopic (exact) mass is 413 g/mol. The van der Waals surface area contributed by atoms with Crippen molar-refractivity contribution in [3.05, 3.63) is 65.2 Å². The summed E-state index contributed by atoms with van der Waals surface area (Å²) in [6, 6.07) is 14.3. The lowest BCUT2D eigenvalue weighted by atomic mass is 9.99. The van der Waals surface area contributed by atoms with E-state index in [-0.39, 0.29) is 12.5 Å². The molecule has 7 heteroatoms. The fraction of sp³-hybridized carbons (Fsp3) is 0.364. The molecule has 3 rings (SSSR count). The lowest BCUT2D eigenvalue weighted by Crippen LogP contribution is -2.29. The molecule has 6 nitrogen and oxygen atoms in total. The molecule has 0 atom stereocenters. The third kappa shape index (κ3) is 5.67. The highest BCUT2D eigenvalue weighted by Crippen LogP contribution is 2.22. The molecule has 29 heavy (non-hydrogen) atoms. The predicted molar refractivity (Wildman–Crippen MR) is 117 cm³/mol. The highest BCUT2D eigenvalue weighted by Gasteiger charge is 2.19. The van der Waals surface area contributed by atoms with E-state index in [0.29, 0.717) is 11.3 Å². The van der Waals surface area contributed by atoms with Gasteiger partial charge in [0.15, 0.2) is 0 Å². The minimum Gasteiger partial charge on any atom is -0.267 e. The van der Waals surface area contributed by atoms with E-state index < -0.39 is 10.0 Å². The Labute approximate surface area is 172 Å². The van der Waals surface area contributed by atoms with Crippen molar-refractivity contribution in [2.24, 2.45) is 5.10 Å². The second-order valence-corrected chi connectivity index (χ2v) is 9.33. The van der Waals surface area contributed by atoms with Crippen LogP contribution in [0.2, 0.25) is 0 Å². The maximum Gasteiger partial charge on any atom is 0.271 e. The van der Waals surface area contributed by atoms with E-state index in [1.54, 1.807) is 24.3 Å². The molecule has 1 fully saturated rings. The summed E-state index contributed by atoms with van der Waals surface area (Å²) in [7, 11) is -3.48. The van der Waals surface area contributed by atoms with Crippen LogP contribution in [0.15, 0.2) is 53.6 Å². The maximum absolute atomic E-state index is 12.4. The second kappa shape index (κ2) is 9.22. The number of rotatable bonds is 6. The van der Waals surface area contributed by atoms with Gasteiger partial charge in [0.25, 0.3) is 5.91 Å². The Morgan fingerprint density at radius 3 is 2.31 bits per heavy atom. The number of nitrogens with zero attached hydrogens (tertiary/aromatic N) is 2. The molecule has 1 aliphatic rings. The summed E-state index contributed by atoms with van der Waals surface area (Å²) in [5, 5.41) is 4.23. The van der Waals surface area contributed by atoms with Crippen LogP contribution in [0.4, 0.5) is 5.69 Å². The van der Waals surface area contributed by atoms with Gasteiger partial charge in [0.1, 0.15) is 0 Å². The minimum atomic E-state index is -3.48. The number of hydrogen-bond acceptors (Lipinski definition) is 4. The highest BCUT2D eigenvalue weighted by atomic mass is 32.2. The Morgan fingerprint density at radius 2 is 1.69 bits per heavy atom. The van der Waals surface area contributed by atoms with Crippen LogP contribution in [-0.4, -0.2) is 26.3 Å². The van der Waals surface area contributed by atoms with Gasteiger partial charge in [-0.15, -0.1) is 0 Å². The maximum atomic E-state index is 12.4. The van der Waals surface area contributed by atoms with E-state index >= 15 is 0 Å². The van der Waals surface area contributed by atoms with Gasteiger partial charge in [-0.1, -0.05) is 30.7 Å². The molecule has 0 aliphatic heterocycles. The molecular weight excluding hydrogens is 386 g/mol. The van der Waals surface area contributed by atoms with Crippen LogP contribution in [0.25, 0.3) is 0 Å². The molecule has 0 spiro atoms. The van der Waals surface area contributed by atoms with Crippen LogP contribution in [-0.2, 0) is 16.6 Å². The first-order valence-corrected chi connectivity index (χ1v) is 11.7. The minimum absolute atomic E-state index is 0.241. The SMILES string of the molecule is Cc1ccccc1CN(c1ccc(C(=O)NN=C2CCCCC2)cc1)S(C)(=O)=O. The van der Waals surface area contributed by atoms with Gasteiger partial charge in [-0.05, 0) is 68.0 Å². The van der Waals surface area contributed by atoms with Gasteiger partial charge in [0, 0.05) is 11.3 Å². The van der Waals surface area contributed by atoms with Crippen molar-refractivity contribution in [1.29, 1.82) is 0 Å². The van der Waals surface area contributed by atoms with Crippen molar-refractivity contribution in [3.8, 4) is 0 Å². The molecule has 0 radical (unpaired) electrons. The lowest BCUT2D eigenvalue weighted by Gasteiger charge is -2.23. The fourth-order valence-corrected chi connectivity index (χ4v) is 4.27. The summed E-state index contributed by atoms with van der Waals surface area (Å²) in [4.78, 5) is 12.4. The first kappa shape index (κ1) is 21.0. The number of sulfonamides is 1. The number of hydrogen-bond donors (Lipinski definition) is 1. The summed E-state index contributed by atoms with van der Waals surface area (Å²) >= 11 is 0. The van der Waals surface area contributed by atoms with E-state index in [0.717, 1.165) is 42.5 Å². The quantitative estimate of drug-likeness (QED) is 0.727. The van der Waals surface area contributed by atoms with Crippen LogP contribution in [0.3, 0.4) is 0 Å². The molecule has 0 aromatic heterocycles. The Kier molecular flexibility index (Phi) is 6.69. The highest BCUT2D eigenvalue weighted by molar-refractivity contribution is 7.92. The number of amides is 1. The Balaban J connectivity index is 1.75. The van der Waals surface area contributed by atoms with Crippen LogP contribution in [0.1, 0.15) is 53.6 Å². The number of anilines is 1. The largest absolute Gasteiger partial charge is 0.271 e. The van der Waals surface area contributed by atoms with Crippen LogP contribution >= 0.6 is 0 Å². The number of benzene rings is 2. The van der Waals surface area contributed by atoms with Gasteiger partial charge in [-0.2, -0.15) is 5.10 Å². The van der Waals surface area contributed by atoms with Crippen molar-refractivity contribution in [3.63, 3.8) is 0 Å². The average molecular weight is 414 g/mol. The van der Waals surface area contributed by atoms with Gasteiger partial charge in [0.2, 0.25) is 10.0 Å². The fourth-order valence-electron chi connectivity index (χ4n) is 3.39. The molecule has 154 valence electrons. The second-order valence-electron chi connectivity index (χ2n) is 7.42. The Hall–Kier alpha value is -2.67. The molecule has 1 N–H and O–H groups in total. The Bertz CT molecular complexity index is 990.